The lowest BCUT2D eigenvalue weighted by Gasteiger charge is -2.12. The first-order valence-electron chi connectivity index (χ1n) is 6.66. The Kier molecular flexibility index (Phi) is 3.37. The molecule has 0 aliphatic carbocycles. The van der Waals surface area contributed by atoms with Crippen molar-refractivity contribution < 1.29 is 0 Å². The van der Waals surface area contributed by atoms with Crippen LogP contribution in [0.3, 0.4) is 0 Å². The summed E-state index contributed by atoms with van der Waals surface area (Å²) in [5.41, 5.74) is 5.96. The van der Waals surface area contributed by atoms with E-state index >= 15 is 0 Å². The molecule has 0 unspecified atom stereocenters. The molecule has 1 nitrogen and oxygen atoms in total. The zero-order valence-electron chi connectivity index (χ0n) is 11.6. The number of rotatable bonds is 2. The molecule has 3 rings (SSSR count). The van der Waals surface area contributed by atoms with Gasteiger partial charge in [0.1, 0.15) is 0 Å². The van der Waals surface area contributed by atoms with Crippen molar-refractivity contribution >= 4 is 11.6 Å². The lowest BCUT2D eigenvalue weighted by Crippen LogP contribution is -1.98. The highest BCUT2D eigenvalue weighted by molar-refractivity contribution is 6.30. The molecule has 20 heavy (non-hydrogen) atoms. The number of halogens is 1. The Bertz CT molecular complexity index is 738. The van der Waals surface area contributed by atoms with E-state index in [1.165, 1.54) is 22.5 Å². The van der Waals surface area contributed by atoms with Gasteiger partial charge in [-0.2, -0.15) is 0 Å². The Morgan fingerprint density at radius 2 is 1.60 bits per heavy atom. The van der Waals surface area contributed by atoms with Crippen LogP contribution in [0.1, 0.15) is 11.3 Å². The summed E-state index contributed by atoms with van der Waals surface area (Å²) in [7, 11) is 0. The number of aryl methyl sites for hydroxylation is 2. The van der Waals surface area contributed by atoms with E-state index in [4.69, 9.17) is 11.6 Å². The first kappa shape index (κ1) is 13.0. The summed E-state index contributed by atoms with van der Waals surface area (Å²) in [5.74, 6) is 0. The lowest BCUT2D eigenvalue weighted by molar-refractivity contribution is 1.02. The van der Waals surface area contributed by atoms with E-state index in [-0.39, 0.29) is 0 Å². The Balaban J connectivity index is 2.17. The van der Waals surface area contributed by atoms with Crippen LogP contribution in [-0.2, 0) is 0 Å². The largest absolute Gasteiger partial charge is 0.314 e. The van der Waals surface area contributed by atoms with Crippen LogP contribution in [-0.4, -0.2) is 4.57 Å². The quantitative estimate of drug-likeness (QED) is 0.591. The summed E-state index contributed by atoms with van der Waals surface area (Å²) in [4.78, 5) is 0. The van der Waals surface area contributed by atoms with Gasteiger partial charge in [-0.3, -0.25) is 0 Å². The minimum absolute atomic E-state index is 0.755. The Hall–Kier alpha value is -1.99. The monoisotopic (exact) mass is 281 g/mol. The third-order valence-corrected chi connectivity index (χ3v) is 3.72. The SMILES string of the molecule is Cc1ccc(-c2ccc(C)n2-c2cccc(Cl)c2)cc1. The van der Waals surface area contributed by atoms with Gasteiger partial charge < -0.3 is 4.57 Å². The third kappa shape index (κ3) is 2.37. The van der Waals surface area contributed by atoms with Crippen LogP contribution in [0, 0.1) is 13.8 Å². The normalized spacial score (nSPS) is 10.8. The maximum atomic E-state index is 6.12. The van der Waals surface area contributed by atoms with Crippen molar-refractivity contribution in [3.8, 4) is 16.9 Å². The molecule has 0 radical (unpaired) electrons. The minimum atomic E-state index is 0.755. The lowest BCUT2D eigenvalue weighted by atomic mass is 10.1. The highest BCUT2D eigenvalue weighted by Crippen LogP contribution is 2.27. The molecular formula is C18H16ClN. The molecule has 100 valence electrons. The van der Waals surface area contributed by atoms with E-state index in [0.29, 0.717) is 0 Å². The first-order valence-corrected chi connectivity index (χ1v) is 7.04. The molecule has 0 amide bonds. The topological polar surface area (TPSA) is 4.93 Å². The maximum Gasteiger partial charge on any atom is 0.0531 e. The second kappa shape index (κ2) is 5.18. The molecule has 0 bridgehead atoms. The molecule has 0 saturated heterocycles. The molecule has 0 aliphatic heterocycles. The van der Waals surface area contributed by atoms with Crippen LogP contribution in [0.4, 0.5) is 0 Å². The smallest absolute Gasteiger partial charge is 0.0531 e. The van der Waals surface area contributed by atoms with Gasteiger partial charge in [0.2, 0.25) is 0 Å². The fourth-order valence-electron chi connectivity index (χ4n) is 2.45. The highest BCUT2D eigenvalue weighted by atomic mass is 35.5. The van der Waals surface area contributed by atoms with Crippen molar-refractivity contribution in [1.29, 1.82) is 0 Å². The van der Waals surface area contributed by atoms with Gasteiger partial charge in [0.15, 0.2) is 0 Å². The molecule has 0 N–H and O–H groups in total. The molecule has 0 spiro atoms. The summed E-state index contributed by atoms with van der Waals surface area (Å²) in [6, 6.07) is 20.8. The van der Waals surface area contributed by atoms with Crippen molar-refractivity contribution in [1.82, 2.24) is 4.57 Å². The molecule has 0 saturated carbocycles. The Labute approximate surface area is 124 Å². The van der Waals surface area contributed by atoms with E-state index in [2.05, 4.69) is 60.9 Å². The fraction of sp³-hybridized carbons (Fsp3) is 0.111. The van der Waals surface area contributed by atoms with E-state index in [0.717, 1.165) is 10.7 Å². The predicted octanol–water partition coefficient (Wildman–Crippen LogP) is 5.41. The summed E-state index contributed by atoms with van der Waals surface area (Å²) >= 11 is 6.12. The van der Waals surface area contributed by atoms with Crippen molar-refractivity contribution in [3.63, 3.8) is 0 Å². The Morgan fingerprint density at radius 1 is 0.850 bits per heavy atom. The van der Waals surface area contributed by atoms with Crippen LogP contribution < -0.4 is 0 Å². The number of benzene rings is 2. The van der Waals surface area contributed by atoms with Crippen molar-refractivity contribution in [2.24, 2.45) is 0 Å². The third-order valence-electron chi connectivity index (χ3n) is 3.49. The first-order chi connectivity index (χ1) is 9.65. The van der Waals surface area contributed by atoms with Crippen LogP contribution in [0.25, 0.3) is 16.9 Å². The molecule has 2 aromatic carbocycles. The fourth-order valence-corrected chi connectivity index (χ4v) is 2.63. The second-order valence-corrected chi connectivity index (χ2v) is 5.48. The second-order valence-electron chi connectivity index (χ2n) is 5.04. The number of hydrogen-bond acceptors (Lipinski definition) is 0. The minimum Gasteiger partial charge on any atom is -0.314 e. The van der Waals surface area contributed by atoms with Crippen molar-refractivity contribution in [2.75, 3.05) is 0 Å². The molecule has 3 aromatic rings. The predicted molar refractivity (Wildman–Crippen MR) is 85.7 cm³/mol. The average molecular weight is 282 g/mol. The van der Waals surface area contributed by atoms with Gasteiger partial charge in [0.25, 0.3) is 0 Å². The zero-order chi connectivity index (χ0) is 14.1. The van der Waals surface area contributed by atoms with Crippen LogP contribution >= 0.6 is 11.6 Å². The standard InChI is InChI=1S/C18H16ClN/c1-13-6-9-15(10-7-13)18-11-8-14(2)20(18)17-5-3-4-16(19)12-17/h3-12H,1-2H3. The summed E-state index contributed by atoms with van der Waals surface area (Å²) in [6.45, 7) is 4.21. The number of nitrogens with zero attached hydrogens (tertiary/aromatic N) is 1. The van der Waals surface area contributed by atoms with Gasteiger partial charge in [-0.15, -0.1) is 0 Å². The van der Waals surface area contributed by atoms with Crippen LogP contribution in [0.5, 0.6) is 0 Å². The highest BCUT2D eigenvalue weighted by Gasteiger charge is 2.09. The summed E-state index contributed by atoms with van der Waals surface area (Å²) in [6.07, 6.45) is 0. The Morgan fingerprint density at radius 3 is 2.30 bits per heavy atom. The molecule has 0 fully saturated rings. The summed E-state index contributed by atoms with van der Waals surface area (Å²) in [5, 5.41) is 0.755. The molecule has 2 heteroatoms. The van der Waals surface area contributed by atoms with Gasteiger partial charge >= 0.3 is 0 Å². The van der Waals surface area contributed by atoms with E-state index < -0.39 is 0 Å². The van der Waals surface area contributed by atoms with Crippen molar-refractivity contribution in [3.05, 3.63) is 76.9 Å². The van der Waals surface area contributed by atoms with E-state index in [1.807, 2.05) is 18.2 Å². The van der Waals surface area contributed by atoms with Crippen LogP contribution in [0.15, 0.2) is 60.7 Å². The molecule has 1 heterocycles. The van der Waals surface area contributed by atoms with Gasteiger partial charge in [-0.1, -0.05) is 47.5 Å². The van der Waals surface area contributed by atoms with E-state index in [9.17, 15) is 0 Å². The van der Waals surface area contributed by atoms with Gasteiger partial charge in [0.05, 0.1) is 5.69 Å². The maximum absolute atomic E-state index is 6.12. The van der Waals surface area contributed by atoms with Gasteiger partial charge in [-0.25, -0.2) is 0 Å². The van der Waals surface area contributed by atoms with E-state index in [1.54, 1.807) is 0 Å². The molecular weight excluding hydrogens is 266 g/mol. The number of hydrogen-bond donors (Lipinski definition) is 0. The number of aromatic nitrogens is 1. The summed E-state index contributed by atoms with van der Waals surface area (Å²) < 4.78 is 2.23. The van der Waals surface area contributed by atoms with Crippen LogP contribution in [0.2, 0.25) is 5.02 Å². The zero-order valence-corrected chi connectivity index (χ0v) is 12.4. The van der Waals surface area contributed by atoms with Crippen molar-refractivity contribution in [2.45, 2.75) is 13.8 Å². The molecule has 0 atom stereocenters. The van der Waals surface area contributed by atoms with Gasteiger partial charge in [-0.05, 0) is 49.7 Å². The molecule has 1 aromatic heterocycles. The van der Waals surface area contributed by atoms with Gasteiger partial charge in [0, 0.05) is 16.4 Å². The molecule has 0 aliphatic rings. The average Bonchev–Trinajstić information content (AvgIpc) is 2.81.